The molecule has 15 heteroatoms. The van der Waals surface area contributed by atoms with Crippen LogP contribution >= 0.6 is 11.6 Å². The van der Waals surface area contributed by atoms with Gasteiger partial charge in [-0.15, -0.1) is 0 Å². The number of ether oxygens (including phenoxy) is 3. The second kappa shape index (κ2) is 14.4. The van der Waals surface area contributed by atoms with Crippen LogP contribution in [0.1, 0.15) is 83.8 Å². The number of carbonyl (C=O) groups is 5. The lowest BCUT2D eigenvalue weighted by molar-refractivity contribution is -0.147. The second-order valence-corrected chi connectivity index (χ2v) is 15.7. The molecule has 14 nitrogen and oxygen atoms in total. The molecule has 50 heavy (non-hydrogen) atoms. The Labute approximate surface area is 297 Å². The van der Waals surface area contributed by atoms with Crippen molar-refractivity contribution in [3.05, 3.63) is 22.2 Å². The molecule has 2 aliphatic carbocycles. The molecule has 4 N–H and O–H groups in total. The van der Waals surface area contributed by atoms with Gasteiger partial charge in [0.15, 0.2) is 5.60 Å². The van der Waals surface area contributed by atoms with Crippen LogP contribution in [0.25, 0.3) is 0 Å². The number of amides is 4. The molecule has 0 aromatic heterocycles. The van der Waals surface area contributed by atoms with E-state index in [1.165, 1.54) is 19.1 Å². The van der Waals surface area contributed by atoms with Crippen LogP contribution in [0.3, 0.4) is 0 Å². The molecule has 3 atom stereocenters. The first-order valence-electron chi connectivity index (χ1n) is 17.0. The van der Waals surface area contributed by atoms with E-state index in [9.17, 15) is 24.0 Å². The first-order valence-corrected chi connectivity index (χ1v) is 17.4. The largest absolute Gasteiger partial charge is 0.496 e. The van der Waals surface area contributed by atoms with Crippen molar-refractivity contribution in [3.8, 4) is 11.5 Å². The second-order valence-electron chi connectivity index (χ2n) is 15.3. The minimum Gasteiger partial charge on any atom is -0.496 e. The molecule has 1 saturated heterocycles. The molecule has 1 aromatic carbocycles. The van der Waals surface area contributed by atoms with Crippen LogP contribution in [0.5, 0.6) is 11.5 Å². The van der Waals surface area contributed by atoms with Gasteiger partial charge >= 0.3 is 0 Å². The normalized spacial score (nSPS) is 21.5. The van der Waals surface area contributed by atoms with Gasteiger partial charge in [0, 0.05) is 37.7 Å². The van der Waals surface area contributed by atoms with E-state index in [2.05, 4.69) is 15.8 Å². The smallest absolute Gasteiger partial charge is 0.287 e. The highest BCUT2D eigenvalue weighted by atomic mass is 35.5. The van der Waals surface area contributed by atoms with Gasteiger partial charge in [0.05, 0.1) is 49.6 Å². The quantitative estimate of drug-likeness (QED) is 0.229. The molecule has 0 spiro atoms. The summed E-state index contributed by atoms with van der Waals surface area (Å²) in [4.78, 5) is 73.9. The number of methoxy groups -OCH3 is 2. The fourth-order valence-corrected chi connectivity index (χ4v) is 7.44. The lowest BCUT2D eigenvalue weighted by atomic mass is 9.78. The zero-order valence-electron chi connectivity index (χ0n) is 29.6. The summed E-state index contributed by atoms with van der Waals surface area (Å²) in [7, 11) is 2.97. The highest BCUT2D eigenvalue weighted by Crippen LogP contribution is 2.54. The number of halogens is 1. The van der Waals surface area contributed by atoms with Crippen molar-refractivity contribution in [2.24, 2.45) is 27.6 Å². The number of nitrogens with two attached hydrogens (primary N) is 1. The van der Waals surface area contributed by atoms with E-state index in [1.54, 1.807) is 6.07 Å². The number of hydrogen-bond acceptors (Lipinski definition) is 10. The molecule has 2 heterocycles. The van der Waals surface area contributed by atoms with Crippen LogP contribution < -0.4 is 25.8 Å². The van der Waals surface area contributed by atoms with Crippen LogP contribution in [0, 0.1) is 16.7 Å². The van der Waals surface area contributed by atoms with Crippen molar-refractivity contribution in [1.29, 1.82) is 0 Å². The Morgan fingerprint density at radius 1 is 1.08 bits per heavy atom. The van der Waals surface area contributed by atoms with Gasteiger partial charge in [0.2, 0.25) is 23.5 Å². The number of fused-ring (bicyclic) bond motifs is 5. The molecule has 1 aromatic rings. The molecule has 4 aliphatic rings. The Bertz CT molecular complexity index is 1580. The molecule has 0 unspecified atom stereocenters. The third-order valence-electron chi connectivity index (χ3n) is 10.1. The van der Waals surface area contributed by atoms with E-state index in [1.807, 2.05) is 27.7 Å². The van der Waals surface area contributed by atoms with Crippen molar-refractivity contribution < 1.29 is 43.0 Å². The van der Waals surface area contributed by atoms with Crippen molar-refractivity contribution in [2.75, 3.05) is 40.5 Å². The molecule has 2 bridgehead atoms. The van der Waals surface area contributed by atoms with Crippen LogP contribution in [-0.2, 0) is 39.1 Å². The standard InChI is InChI=1S/C35H48ClN5O9/c1-33(2,3)30(39-24(42)16-34(4)9-11-49-12-10-34)32(46)41(17-25(43)38-20(13-19-7-8-19)29(44)31(37)45)18-35-15-21(40-50-35)26-22(47-5)14-23(48-6)28(36)27(26)35/h14,19-20,30H,7-13,15-18H2,1-6H3,(H2,37,45)(H,38,43)(H,39,42)/t20-,30+,35+/m0/s1. The summed E-state index contributed by atoms with van der Waals surface area (Å²) in [5, 5.41) is 10.1. The third-order valence-corrected chi connectivity index (χ3v) is 10.5. The van der Waals surface area contributed by atoms with Gasteiger partial charge in [-0.05, 0) is 36.0 Å². The molecule has 5 rings (SSSR count). The Morgan fingerprint density at radius 3 is 2.32 bits per heavy atom. The molecular formula is C35H48ClN5O9. The summed E-state index contributed by atoms with van der Waals surface area (Å²) in [6, 6.07) is -0.544. The number of hydrogen-bond donors (Lipinski definition) is 3. The number of primary amides is 1. The van der Waals surface area contributed by atoms with Crippen LogP contribution in [0.2, 0.25) is 5.02 Å². The van der Waals surface area contributed by atoms with Crippen LogP contribution in [0.4, 0.5) is 0 Å². The summed E-state index contributed by atoms with van der Waals surface area (Å²) < 4.78 is 16.7. The van der Waals surface area contributed by atoms with Crippen molar-refractivity contribution >= 4 is 46.7 Å². The lowest BCUT2D eigenvalue weighted by Crippen LogP contribution is -2.59. The van der Waals surface area contributed by atoms with E-state index in [4.69, 9.17) is 36.4 Å². The number of oxime groups is 1. The zero-order valence-corrected chi connectivity index (χ0v) is 30.4. The van der Waals surface area contributed by atoms with E-state index in [-0.39, 0.29) is 48.1 Å². The molecule has 4 amide bonds. The van der Waals surface area contributed by atoms with Crippen LogP contribution in [-0.4, -0.2) is 92.6 Å². The van der Waals surface area contributed by atoms with Gasteiger partial charge in [0.1, 0.15) is 17.5 Å². The van der Waals surface area contributed by atoms with Crippen molar-refractivity contribution in [3.63, 3.8) is 0 Å². The summed E-state index contributed by atoms with van der Waals surface area (Å²) in [6.07, 6.45) is 3.84. The summed E-state index contributed by atoms with van der Waals surface area (Å²) in [5.74, 6) is -2.63. The number of Topliss-reactive ketones (excluding diaryl/α,β-unsaturated/α-hetero) is 1. The van der Waals surface area contributed by atoms with Crippen molar-refractivity contribution in [1.82, 2.24) is 15.5 Å². The molecule has 274 valence electrons. The molecular weight excluding hydrogens is 670 g/mol. The molecule has 1 saturated carbocycles. The minimum atomic E-state index is -1.32. The summed E-state index contributed by atoms with van der Waals surface area (Å²) >= 11 is 6.89. The molecule has 0 radical (unpaired) electrons. The fourth-order valence-electron chi connectivity index (χ4n) is 7.04. The number of nitrogens with zero attached hydrogens (tertiary/aromatic N) is 2. The Morgan fingerprint density at radius 2 is 1.74 bits per heavy atom. The van der Waals surface area contributed by atoms with E-state index in [0.717, 1.165) is 12.8 Å². The number of carbonyl (C=O) groups excluding carboxylic acids is 5. The summed E-state index contributed by atoms with van der Waals surface area (Å²) in [5.41, 5.74) is 4.58. The molecule has 2 fully saturated rings. The van der Waals surface area contributed by atoms with Gasteiger partial charge in [-0.1, -0.05) is 57.3 Å². The molecule has 2 aliphatic heterocycles. The fraction of sp³-hybridized carbons (Fsp3) is 0.657. The zero-order chi connectivity index (χ0) is 36.6. The Hall–Kier alpha value is -3.91. The maximum atomic E-state index is 14.7. The maximum absolute atomic E-state index is 14.7. The SMILES string of the molecule is COc1cc(OC)c2c(c1Cl)[C@]1(CN(CC(=O)N[C@@H](CC3CC3)C(=O)C(N)=O)C(=O)[C@@H](NC(=O)CC3(C)CCOCC3)C(C)(C)C)CC2=NO1. The Balaban J connectivity index is 1.48. The van der Waals surface area contributed by atoms with Crippen molar-refractivity contribution in [2.45, 2.75) is 90.3 Å². The van der Waals surface area contributed by atoms with Gasteiger partial charge in [0.25, 0.3) is 5.91 Å². The number of benzene rings is 1. The van der Waals surface area contributed by atoms with Gasteiger partial charge < -0.3 is 40.3 Å². The average molecular weight is 718 g/mol. The number of rotatable bonds is 15. The highest BCUT2D eigenvalue weighted by Gasteiger charge is 2.55. The van der Waals surface area contributed by atoms with E-state index < -0.39 is 53.1 Å². The van der Waals surface area contributed by atoms with Crippen LogP contribution in [0.15, 0.2) is 11.2 Å². The monoisotopic (exact) mass is 717 g/mol. The maximum Gasteiger partial charge on any atom is 0.287 e. The average Bonchev–Trinajstić information content (AvgIpc) is 3.69. The predicted octanol–water partition coefficient (Wildman–Crippen LogP) is 2.60. The highest BCUT2D eigenvalue weighted by molar-refractivity contribution is 6.38. The summed E-state index contributed by atoms with van der Waals surface area (Å²) in [6.45, 7) is 7.88. The van der Waals surface area contributed by atoms with Gasteiger partial charge in [-0.3, -0.25) is 24.0 Å². The van der Waals surface area contributed by atoms with Gasteiger partial charge in [-0.2, -0.15) is 0 Å². The lowest BCUT2D eigenvalue weighted by Gasteiger charge is -2.39. The third kappa shape index (κ3) is 7.85. The number of ketones is 1. The Kier molecular flexibility index (Phi) is 10.7. The topological polar surface area (TPSA) is 188 Å². The first-order chi connectivity index (χ1) is 23.5. The van der Waals surface area contributed by atoms with Gasteiger partial charge in [-0.25, -0.2) is 0 Å². The minimum absolute atomic E-state index is 0.183. The predicted molar refractivity (Wildman–Crippen MR) is 183 cm³/mol. The first kappa shape index (κ1) is 37.3. The van der Waals surface area contributed by atoms with E-state index >= 15 is 0 Å². The van der Waals surface area contributed by atoms with E-state index in [0.29, 0.717) is 54.4 Å². The number of nitrogens with one attached hydrogen (secondary N) is 2.